The molecule has 0 saturated heterocycles. The lowest BCUT2D eigenvalue weighted by Crippen LogP contribution is -2.40. The van der Waals surface area contributed by atoms with E-state index in [1.807, 2.05) is 45.9 Å². The highest BCUT2D eigenvalue weighted by Gasteiger charge is 2.28. The van der Waals surface area contributed by atoms with Gasteiger partial charge in [0.1, 0.15) is 10.5 Å². The summed E-state index contributed by atoms with van der Waals surface area (Å²) in [7, 11) is 1.64. The molecule has 1 aromatic rings. The number of hydrogen-bond donors (Lipinski definition) is 1. The molecule has 1 rings (SSSR count). The third kappa shape index (κ3) is 4.16. The first-order valence-corrected chi connectivity index (χ1v) is 7.71. The Balaban J connectivity index is 2.87. The van der Waals surface area contributed by atoms with E-state index in [1.54, 1.807) is 7.11 Å². The van der Waals surface area contributed by atoms with Crippen molar-refractivity contribution < 1.29 is 9.29 Å². The van der Waals surface area contributed by atoms with Gasteiger partial charge in [0.2, 0.25) is 0 Å². The van der Waals surface area contributed by atoms with Crippen LogP contribution in [0.1, 0.15) is 39.3 Å². The Morgan fingerprint density at radius 3 is 2.50 bits per heavy atom. The van der Waals surface area contributed by atoms with E-state index >= 15 is 0 Å². The molecular weight excluding hydrogens is 314 g/mol. The minimum atomic E-state index is -1.10. The van der Waals surface area contributed by atoms with Crippen LogP contribution in [0.2, 0.25) is 0 Å². The quantitative estimate of drug-likeness (QED) is 0.856. The predicted octanol–water partition coefficient (Wildman–Crippen LogP) is 3.57. The zero-order valence-electron chi connectivity index (χ0n) is 11.4. The zero-order chi connectivity index (χ0) is 13.9. The molecule has 1 aromatic carbocycles. The Morgan fingerprint density at radius 2 is 2.00 bits per heavy atom. The monoisotopic (exact) mass is 333 g/mol. The van der Waals surface area contributed by atoms with Crippen LogP contribution in [0, 0.1) is 0 Å². The number of rotatable bonds is 4. The second kappa shape index (κ2) is 6.28. The molecule has 5 heteroatoms. The van der Waals surface area contributed by atoms with Crippen molar-refractivity contribution in [2.45, 2.75) is 38.5 Å². The van der Waals surface area contributed by atoms with E-state index in [-0.39, 0.29) is 10.8 Å². The molecule has 102 valence electrons. The number of benzene rings is 1. The highest BCUT2D eigenvalue weighted by Crippen LogP contribution is 2.29. The second-order valence-electron chi connectivity index (χ2n) is 5.11. The van der Waals surface area contributed by atoms with Gasteiger partial charge in [-0.15, -0.1) is 4.72 Å². The number of methoxy groups -OCH3 is 1. The summed E-state index contributed by atoms with van der Waals surface area (Å²) in [6.07, 6.45) is 0. The first-order valence-electron chi connectivity index (χ1n) is 5.77. The van der Waals surface area contributed by atoms with Gasteiger partial charge in [0.15, 0.2) is 0 Å². The Hall–Kier alpha value is -0.230. The molecule has 3 nitrogen and oxygen atoms in total. The van der Waals surface area contributed by atoms with Crippen LogP contribution in [0.3, 0.4) is 0 Å². The molecule has 0 aliphatic rings. The maximum atomic E-state index is 12.1. The third-order valence-electron chi connectivity index (χ3n) is 2.51. The molecule has 1 unspecified atom stereocenters. The summed E-state index contributed by atoms with van der Waals surface area (Å²) in [5.41, 5.74) is 1.03. The van der Waals surface area contributed by atoms with E-state index in [0.29, 0.717) is 0 Å². The molecule has 0 saturated carbocycles. The standard InChI is InChI=1S/C13H20BrNO2S/c1-9(15-18(16)13(2,3)4)11-8-10(17-5)6-7-12(11)14/h6-9,15H,1-5H3/t9-,18?/m1/s1. The first-order chi connectivity index (χ1) is 8.25. The van der Waals surface area contributed by atoms with Gasteiger partial charge in [0.25, 0.3) is 0 Å². The van der Waals surface area contributed by atoms with Gasteiger partial charge in [-0.05, 0) is 51.5 Å². The van der Waals surface area contributed by atoms with Gasteiger partial charge in [0, 0.05) is 15.8 Å². The number of halogens is 1. The van der Waals surface area contributed by atoms with Crippen LogP contribution in [0.15, 0.2) is 22.7 Å². The fraction of sp³-hybridized carbons (Fsp3) is 0.538. The van der Waals surface area contributed by atoms with Crippen molar-refractivity contribution in [1.29, 1.82) is 0 Å². The minimum absolute atomic E-state index is 0.0190. The normalized spacial score (nSPS) is 15.3. The van der Waals surface area contributed by atoms with Crippen molar-refractivity contribution in [2.75, 3.05) is 7.11 Å². The van der Waals surface area contributed by atoms with Gasteiger partial charge in [-0.3, -0.25) is 0 Å². The average molecular weight is 334 g/mol. The van der Waals surface area contributed by atoms with Crippen molar-refractivity contribution in [3.05, 3.63) is 28.2 Å². The van der Waals surface area contributed by atoms with Crippen LogP contribution < -0.4 is 9.46 Å². The summed E-state index contributed by atoms with van der Waals surface area (Å²) < 4.78 is 21.1. The van der Waals surface area contributed by atoms with E-state index < -0.39 is 11.4 Å². The molecule has 18 heavy (non-hydrogen) atoms. The van der Waals surface area contributed by atoms with Gasteiger partial charge < -0.3 is 9.29 Å². The van der Waals surface area contributed by atoms with Crippen molar-refractivity contribution in [2.24, 2.45) is 0 Å². The summed E-state index contributed by atoms with van der Waals surface area (Å²) in [5, 5.41) is 0. The van der Waals surface area contributed by atoms with Crippen LogP contribution in [0.25, 0.3) is 0 Å². The molecule has 0 radical (unpaired) electrons. The topological polar surface area (TPSA) is 44.3 Å². The number of hydrogen-bond acceptors (Lipinski definition) is 3. The highest BCUT2D eigenvalue weighted by molar-refractivity contribution is 9.10. The average Bonchev–Trinajstić information content (AvgIpc) is 2.28. The zero-order valence-corrected chi connectivity index (χ0v) is 13.8. The lowest BCUT2D eigenvalue weighted by Gasteiger charge is -2.27. The lowest BCUT2D eigenvalue weighted by atomic mass is 10.1. The van der Waals surface area contributed by atoms with E-state index in [4.69, 9.17) is 4.74 Å². The molecule has 1 N–H and O–H groups in total. The largest absolute Gasteiger partial charge is 0.598 e. The van der Waals surface area contributed by atoms with Gasteiger partial charge in [-0.25, -0.2) is 0 Å². The molecule has 0 aromatic heterocycles. The molecule has 0 aliphatic heterocycles. The SMILES string of the molecule is COc1ccc(Br)c([C@@H](C)N[S+]([O-])C(C)(C)C)c1. The fourth-order valence-electron chi connectivity index (χ4n) is 1.38. The van der Waals surface area contributed by atoms with Crippen LogP contribution in [-0.2, 0) is 11.4 Å². The van der Waals surface area contributed by atoms with E-state index in [2.05, 4.69) is 20.7 Å². The van der Waals surface area contributed by atoms with Crippen molar-refractivity contribution in [3.63, 3.8) is 0 Å². The Bertz CT molecular complexity index is 406. The minimum Gasteiger partial charge on any atom is -0.598 e. The lowest BCUT2D eigenvalue weighted by molar-refractivity contribution is 0.413. The van der Waals surface area contributed by atoms with Crippen LogP contribution in [0.5, 0.6) is 5.75 Å². The molecule has 0 heterocycles. The molecule has 0 aliphatic carbocycles. The highest BCUT2D eigenvalue weighted by atomic mass is 79.9. The predicted molar refractivity (Wildman–Crippen MR) is 80.1 cm³/mol. The van der Waals surface area contributed by atoms with Crippen molar-refractivity contribution in [3.8, 4) is 5.75 Å². The summed E-state index contributed by atoms with van der Waals surface area (Å²) in [6, 6.07) is 5.75. The smallest absolute Gasteiger partial charge is 0.136 e. The molecule has 0 fully saturated rings. The van der Waals surface area contributed by atoms with Crippen molar-refractivity contribution in [1.82, 2.24) is 4.72 Å². The van der Waals surface area contributed by atoms with Gasteiger partial charge in [-0.1, -0.05) is 15.9 Å². The number of ether oxygens (including phenoxy) is 1. The van der Waals surface area contributed by atoms with E-state index in [1.165, 1.54) is 0 Å². The Kier molecular flexibility index (Phi) is 5.52. The van der Waals surface area contributed by atoms with Crippen LogP contribution in [-0.4, -0.2) is 16.4 Å². The summed E-state index contributed by atoms with van der Waals surface area (Å²) in [4.78, 5) is 0. The van der Waals surface area contributed by atoms with Gasteiger partial charge in [0.05, 0.1) is 13.2 Å². The molecule has 0 amide bonds. The maximum absolute atomic E-state index is 12.1. The van der Waals surface area contributed by atoms with Gasteiger partial charge >= 0.3 is 0 Å². The summed E-state index contributed by atoms with van der Waals surface area (Å²) >= 11 is 2.41. The first kappa shape index (κ1) is 15.8. The molecular formula is C13H20BrNO2S. The summed E-state index contributed by atoms with van der Waals surface area (Å²) in [5.74, 6) is 0.795. The van der Waals surface area contributed by atoms with E-state index in [0.717, 1.165) is 15.8 Å². The van der Waals surface area contributed by atoms with Crippen molar-refractivity contribution >= 4 is 27.3 Å². The van der Waals surface area contributed by atoms with Crippen LogP contribution >= 0.6 is 15.9 Å². The second-order valence-corrected chi connectivity index (χ2v) is 7.96. The van der Waals surface area contributed by atoms with E-state index in [9.17, 15) is 4.55 Å². The summed E-state index contributed by atoms with van der Waals surface area (Å²) in [6.45, 7) is 7.83. The third-order valence-corrected chi connectivity index (χ3v) is 4.91. The maximum Gasteiger partial charge on any atom is 0.136 e. The molecule has 2 atom stereocenters. The Labute approximate surface area is 121 Å². The molecule has 0 spiro atoms. The molecule has 0 bridgehead atoms. The Morgan fingerprint density at radius 1 is 1.39 bits per heavy atom. The number of nitrogens with one attached hydrogen (secondary N) is 1. The van der Waals surface area contributed by atoms with Crippen LogP contribution in [0.4, 0.5) is 0 Å². The van der Waals surface area contributed by atoms with Gasteiger partial charge in [-0.2, -0.15) is 0 Å². The fourth-order valence-corrected chi connectivity index (χ4v) is 2.77.